The lowest BCUT2D eigenvalue weighted by Gasteiger charge is -2.47. The third kappa shape index (κ3) is 2.48. The maximum absolute atomic E-state index is 10.4. The standard InChI is InChI=1S/C16H21ClO2/c1-15(2)5-7-16(8-6-15)10-13(18)12-9-11(17)3-4-14(12)19-16/h3-4,9,13,18H,5-8,10H2,1-2H3. The molecular formula is C16H21ClO2. The minimum Gasteiger partial charge on any atom is -0.487 e. The summed E-state index contributed by atoms with van der Waals surface area (Å²) in [6.45, 7) is 4.62. The lowest BCUT2D eigenvalue weighted by molar-refractivity contribution is -0.0575. The zero-order valence-corrected chi connectivity index (χ0v) is 12.3. The van der Waals surface area contributed by atoms with Crippen LogP contribution in [0.4, 0.5) is 0 Å². The monoisotopic (exact) mass is 280 g/mol. The molecule has 1 unspecified atom stereocenters. The predicted octanol–water partition coefficient (Wildman–Crippen LogP) is 4.49. The second-order valence-corrected chi connectivity index (χ2v) is 7.29. The van der Waals surface area contributed by atoms with Crippen molar-refractivity contribution in [2.45, 2.75) is 57.7 Å². The second-order valence-electron chi connectivity index (χ2n) is 6.85. The Bertz CT molecular complexity index is 486. The molecule has 1 aliphatic heterocycles. The number of rotatable bonds is 0. The van der Waals surface area contributed by atoms with Crippen LogP contribution >= 0.6 is 11.6 Å². The number of ether oxygens (including phenoxy) is 1. The third-order valence-electron chi connectivity index (χ3n) is 4.74. The molecule has 104 valence electrons. The number of hydrogen-bond donors (Lipinski definition) is 1. The summed E-state index contributed by atoms with van der Waals surface area (Å²) in [6.07, 6.45) is 4.60. The van der Waals surface area contributed by atoms with Crippen LogP contribution in [0, 0.1) is 5.41 Å². The Labute approximate surface area is 119 Å². The third-order valence-corrected chi connectivity index (χ3v) is 4.97. The highest BCUT2D eigenvalue weighted by Gasteiger charge is 2.44. The zero-order valence-electron chi connectivity index (χ0n) is 11.6. The minimum atomic E-state index is -0.455. The Balaban J connectivity index is 1.87. The first kappa shape index (κ1) is 13.3. The normalized spacial score (nSPS) is 27.7. The molecule has 1 aromatic carbocycles. The van der Waals surface area contributed by atoms with Crippen molar-refractivity contribution in [2.75, 3.05) is 0 Å². The molecule has 2 nitrogen and oxygen atoms in total. The Morgan fingerprint density at radius 3 is 2.58 bits per heavy atom. The number of hydrogen-bond acceptors (Lipinski definition) is 2. The van der Waals surface area contributed by atoms with Crippen molar-refractivity contribution in [1.29, 1.82) is 0 Å². The van der Waals surface area contributed by atoms with Gasteiger partial charge in [0.15, 0.2) is 0 Å². The average molecular weight is 281 g/mol. The van der Waals surface area contributed by atoms with Crippen LogP contribution in [0.15, 0.2) is 18.2 Å². The molecule has 1 N–H and O–H groups in total. The van der Waals surface area contributed by atoms with Crippen LogP contribution in [0.2, 0.25) is 5.02 Å². The highest BCUT2D eigenvalue weighted by molar-refractivity contribution is 6.30. The number of benzene rings is 1. The summed E-state index contributed by atoms with van der Waals surface area (Å²) in [5, 5.41) is 11.0. The highest BCUT2D eigenvalue weighted by Crippen LogP contribution is 2.50. The second kappa shape index (κ2) is 4.39. The van der Waals surface area contributed by atoms with Gasteiger partial charge in [0.05, 0.1) is 6.10 Å². The molecule has 0 radical (unpaired) electrons. The fourth-order valence-electron chi connectivity index (χ4n) is 3.30. The summed E-state index contributed by atoms with van der Waals surface area (Å²) in [4.78, 5) is 0. The van der Waals surface area contributed by atoms with E-state index in [-0.39, 0.29) is 5.60 Å². The van der Waals surface area contributed by atoms with Crippen molar-refractivity contribution in [3.05, 3.63) is 28.8 Å². The van der Waals surface area contributed by atoms with E-state index in [2.05, 4.69) is 13.8 Å². The number of aliphatic hydroxyl groups is 1. The molecule has 0 amide bonds. The molecule has 1 aliphatic carbocycles. The maximum atomic E-state index is 10.4. The Morgan fingerprint density at radius 2 is 1.89 bits per heavy atom. The number of aliphatic hydroxyl groups excluding tert-OH is 1. The first-order valence-corrected chi connectivity index (χ1v) is 7.44. The summed E-state index contributed by atoms with van der Waals surface area (Å²) >= 11 is 5.99. The summed E-state index contributed by atoms with van der Waals surface area (Å²) in [5.41, 5.74) is 1.07. The molecule has 1 spiro atoms. The smallest absolute Gasteiger partial charge is 0.126 e. The molecule has 0 aromatic heterocycles. The molecule has 2 aliphatic rings. The van der Waals surface area contributed by atoms with E-state index in [1.165, 1.54) is 0 Å². The molecule has 0 bridgehead atoms. The minimum absolute atomic E-state index is 0.171. The van der Waals surface area contributed by atoms with Crippen molar-refractivity contribution in [1.82, 2.24) is 0 Å². The van der Waals surface area contributed by atoms with Gasteiger partial charge in [0, 0.05) is 17.0 Å². The first-order valence-electron chi connectivity index (χ1n) is 7.06. The van der Waals surface area contributed by atoms with Crippen LogP contribution in [-0.2, 0) is 0 Å². The number of fused-ring (bicyclic) bond motifs is 1. The van der Waals surface area contributed by atoms with E-state index in [1.54, 1.807) is 0 Å². The van der Waals surface area contributed by atoms with E-state index >= 15 is 0 Å². The van der Waals surface area contributed by atoms with E-state index in [4.69, 9.17) is 16.3 Å². The van der Waals surface area contributed by atoms with Crippen molar-refractivity contribution in [2.24, 2.45) is 5.41 Å². The molecule has 1 saturated carbocycles. The van der Waals surface area contributed by atoms with Crippen LogP contribution in [0.25, 0.3) is 0 Å². The molecule has 1 heterocycles. The van der Waals surface area contributed by atoms with E-state index in [9.17, 15) is 5.11 Å². The van der Waals surface area contributed by atoms with Gasteiger partial charge in [-0.1, -0.05) is 25.4 Å². The highest BCUT2D eigenvalue weighted by atomic mass is 35.5. The van der Waals surface area contributed by atoms with Gasteiger partial charge in [-0.3, -0.25) is 0 Å². The van der Waals surface area contributed by atoms with Crippen molar-refractivity contribution in [3.8, 4) is 5.75 Å². The average Bonchev–Trinajstić information content (AvgIpc) is 2.35. The van der Waals surface area contributed by atoms with Gasteiger partial charge in [-0.2, -0.15) is 0 Å². The molecular weight excluding hydrogens is 260 g/mol. The molecule has 3 rings (SSSR count). The molecule has 1 aromatic rings. The SMILES string of the molecule is CC1(C)CCC2(CC1)CC(O)c1cc(Cl)ccc1O2. The van der Waals surface area contributed by atoms with E-state index in [0.29, 0.717) is 16.9 Å². The zero-order chi connectivity index (χ0) is 13.7. The van der Waals surface area contributed by atoms with Gasteiger partial charge < -0.3 is 9.84 Å². The Kier molecular flexibility index (Phi) is 3.06. The maximum Gasteiger partial charge on any atom is 0.126 e. The van der Waals surface area contributed by atoms with Gasteiger partial charge in [0.25, 0.3) is 0 Å². The van der Waals surface area contributed by atoms with Crippen LogP contribution in [0.5, 0.6) is 5.75 Å². The quantitative estimate of drug-likeness (QED) is 0.758. The fourth-order valence-corrected chi connectivity index (χ4v) is 3.48. The summed E-state index contributed by atoms with van der Waals surface area (Å²) in [5.74, 6) is 0.808. The van der Waals surface area contributed by atoms with Crippen molar-refractivity contribution in [3.63, 3.8) is 0 Å². The van der Waals surface area contributed by atoms with Gasteiger partial charge in [0.2, 0.25) is 0 Å². The van der Waals surface area contributed by atoms with Crippen molar-refractivity contribution >= 4 is 11.6 Å². The molecule has 1 atom stereocenters. The van der Waals surface area contributed by atoms with E-state index in [0.717, 1.165) is 37.0 Å². The summed E-state index contributed by atoms with van der Waals surface area (Å²) in [6, 6.07) is 5.54. The van der Waals surface area contributed by atoms with Crippen LogP contribution in [0.3, 0.4) is 0 Å². The van der Waals surface area contributed by atoms with Crippen LogP contribution in [0.1, 0.15) is 57.6 Å². The lowest BCUT2D eigenvalue weighted by atomic mass is 9.68. The van der Waals surface area contributed by atoms with Crippen LogP contribution < -0.4 is 4.74 Å². The Morgan fingerprint density at radius 1 is 1.21 bits per heavy atom. The summed E-state index contributed by atoms with van der Waals surface area (Å²) < 4.78 is 6.26. The molecule has 0 saturated heterocycles. The predicted molar refractivity (Wildman–Crippen MR) is 76.6 cm³/mol. The van der Waals surface area contributed by atoms with Gasteiger partial charge in [-0.25, -0.2) is 0 Å². The van der Waals surface area contributed by atoms with Gasteiger partial charge >= 0.3 is 0 Å². The fraction of sp³-hybridized carbons (Fsp3) is 0.625. The largest absolute Gasteiger partial charge is 0.487 e. The lowest BCUT2D eigenvalue weighted by Crippen LogP contribution is -2.45. The van der Waals surface area contributed by atoms with Gasteiger partial charge in [-0.15, -0.1) is 0 Å². The van der Waals surface area contributed by atoms with E-state index in [1.807, 2.05) is 18.2 Å². The molecule has 19 heavy (non-hydrogen) atoms. The van der Waals surface area contributed by atoms with Gasteiger partial charge in [-0.05, 0) is 49.3 Å². The molecule has 3 heteroatoms. The van der Waals surface area contributed by atoms with Gasteiger partial charge in [0.1, 0.15) is 11.4 Å². The van der Waals surface area contributed by atoms with E-state index < -0.39 is 6.10 Å². The Hall–Kier alpha value is -0.730. The summed E-state index contributed by atoms with van der Waals surface area (Å²) in [7, 11) is 0. The molecule has 1 fully saturated rings. The van der Waals surface area contributed by atoms with Crippen molar-refractivity contribution < 1.29 is 9.84 Å². The first-order chi connectivity index (χ1) is 8.89. The van der Waals surface area contributed by atoms with Crippen LogP contribution in [-0.4, -0.2) is 10.7 Å². The topological polar surface area (TPSA) is 29.5 Å². The number of halogens is 1.